The molecule has 106 valence electrons. The third-order valence-corrected chi connectivity index (χ3v) is 4.32. The van der Waals surface area contributed by atoms with Crippen molar-refractivity contribution in [2.45, 2.75) is 0 Å². The number of hydrogen-bond acceptors (Lipinski definition) is 3. The highest BCUT2D eigenvalue weighted by atomic mass is 79.9. The summed E-state index contributed by atoms with van der Waals surface area (Å²) < 4.78 is 7.27. The smallest absolute Gasteiger partial charge is 0.178 e. The van der Waals surface area contributed by atoms with Crippen molar-refractivity contribution in [3.05, 3.63) is 56.4 Å². The van der Waals surface area contributed by atoms with Gasteiger partial charge in [0.2, 0.25) is 0 Å². The lowest BCUT2D eigenvalue weighted by molar-refractivity contribution is 0.436. The summed E-state index contributed by atoms with van der Waals surface area (Å²) in [5.41, 5.74) is 8.36. The summed E-state index contributed by atoms with van der Waals surface area (Å²) in [6.07, 6.45) is 0. The SMILES string of the molecule is Nc1noc(-c2cc(Br)ccc2Cl)c1-c1cccc(Br)c1. The van der Waals surface area contributed by atoms with Crippen LogP contribution < -0.4 is 5.73 Å². The third-order valence-electron chi connectivity index (χ3n) is 3.00. The maximum Gasteiger partial charge on any atom is 0.178 e. The van der Waals surface area contributed by atoms with Crippen molar-refractivity contribution in [3.8, 4) is 22.5 Å². The van der Waals surface area contributed by atoms with Crippen molar-refractivity contribution in [1.29, 1.82) is 0 Å². The Balaban J connectivity index is 2.24. The quantitative estimate of drug-likeness (QED) is 0.564. The molecule has 1 heterocycles. The number of anilines is 1. The molecule has 21 heavy (non-hydrogen) atoms. The Morgan fingerprint density at radius 2 is 1.81 bits per heavy atom. The molecule has 3 nitrogen and oxygen atoms in total. The minimum Gasteiger partial charge on any atom is -0.380 e. The zero-order chi connectivity index (χ0) is 15.0. The van der Waals surface area contributed by atoms with E-state index in [1.165, 1.54) is 0 Å². The van der Waals surface area contributed by atoms with Crippen LogP contribution in [0, 0.1) is 0 Å². The van der Waals surface area contributed by atoms with E-state index in [2.05, 4.69) is 37.0 Å². The third kappa shape index (κ3) is 2.86. The number of aromatic nitrogens is 1. The van der Waals surface area contributed by atoms with Crippen LogP contribution in [-0.4, -0.2) is 5.16 Å². The fourth-order valence-corrected chi connectivity index (χ4v) is 3.04. The van der Waals surface area contributed by atoms with Gasteiger partial charge in [-0.05, 0) is 35.9 Å². The molecule has 0 bridgehead atoms. The lowest BCUT2D eigenvalue weighted by Crippen LogP contribution is -1.89. The Morgan fingerprint density at radius 1 is 1.05 bits per heavy atom. The first-order chi connectivity index (χ1) is 10.1. The maximum atomic E-state index is 6.27. The first kappa shape index (κ1) is 14.6. The van der Waals surface area contributed by atoms with Gasteiger partial charge in [0.05, 0.1) is 10.6 Å². The van der Waals surface area contributed by atoms with E-state index in [0.717, 1.165) is 25.6 Å². The molecule has 2 aromatic carbocycles. The van der Waals surface area contributed by atoms with Crippen LogP contribution in [0.4, 0.5) is 5.82 Å². The number of nitrogens with two attached hydrogens (primary N) is 1. The van der Waals surface area contributed by atoms with Crippen molar-refractivity contribution in [2.24, 2.45) is 0 Å². The second kappa shape index (κ2) is 5.83. The molecule has 1 aromatic heterocycles. The van der Waals surface area contributed by atoms with E-state index in [1.807, 2.05) is 36.4 Å². The number of halogens is 3. The lowest BCUT2D eigenvalue weighted by atomic mass is 10.0. The van der Waals surface area contributed by atoms with Gasteiger partial charge < -0.3 is 10.3 Å². The van der Waals surface area contributed by atoms with Crippen molar-refractivity contribution in [2.75, 3.05) is 5.73 Å². The van der Waals surface area contributed by atoms with Crippen LogP contribution >= 0.6 is 43.5 Å². The molecule has 0 saturated heterocycles. The van der Waals surface area contributed by atoms with Gasteiger partial charge in [-0.3, -0.25) is 0 Å². The molecule has 0 unspecified atom stereocenters. The van der Waals surface area contributed by atoms with Gasteiger partial charge in [-0.15, -0.1) is 0 Å². The Morgan fingerprint density at radius 3 is 2.57 bits per heavy atom. The van der Waals surface area contributed by atoms with Crippen molar-refractivity contribution >= 4 is 49.3 Å². The molecule has 0 aliphatic carbocycles. The van der Waals surface area contributed by atoms with Gasteiger partial charge in [-0.2, -0.15) is 0 Å². The fourth-order valence-electron chi connectivity index (χ4n) is 2.08. The summed E-state index contributed by atoms with van der Waals surface area (Å²) in [4.78, 5) is 0. The first-order valence-electron chi connectivity index (χ1n) is 6.03. The van der Waals surface area contributed by atoms with E-state index in [9.17, 15) is 0 Å². The predicted octanol–water partition coefficient (Wildman–Crippen LogP) is 5.77. The van der Waals surface area contributed by atoms with Crippen molar-refractivity contribution < 1.29 is 4.52 Å². The van der Waals surface area contributed by atoms with Crippen LogP contribution in [0.3, 0.4) is 0 Å². The molecule has 0 aliphatic heterocycles. The van der Waals surface area contributed by atoms with Crippen LogP contribution in [0.2, 0.25) is 5.02 Å². The van der Waals surface area contributed by atoms with Gasteiger partial charge in [0.1, 0.15) is 0 Å². The van der Waals surface area contributed by atoms with Crippen molar-refractivity contribution in [3.63, 3.8) is 0 Å². The van der Waals surface area contributed by atoms with Crippen LogP contribution in [0.5, 0.6) is 0 Å². The number of nitrogen functional groups attached to an aromatic ring is 1. The molecule has 0 atom stereocenters. The Kier molecular flexibility index (Phi) is 4.06. The second-order valence-electron chi connectivity index (χ2n) is 4.41. The largest absolute Gasteiger partial charge is 0.380 e. The average Bonchev–Trinajstić information content (AvgIpc) is 2.83. The summed E-state index contributed by atoms with van der Waals surface area (Å²) in [7, 11) is 0. The first-order valence-corrected chi connectivity index (χ1v) is 7.99. The van der Waals surface area contributed by atoms with Crippen LogP contribution in [0.15, 0.2) is 55.9 Å². The minimum atomic E-state index is 0.333. The topological polar surface area (TPSA) is 52.0 Å². The summed E-state index contributed by atoms with van der Waals surface area (Å²) in [5.74, 6) is 0.885. The second-order valence-corrected chi connectivity index (χ2v) is 6.65. The highest BCUT2D eigenvalue weighted by molar-refractivity contribution is 9.10. The molecule has 6 heteroatoms. The normalized spacial score (nSPS) is 10.8. The van der Waals surface area contributed by atoms with Gasteiger partial charge in [0, 0.05) is 14.5 Å². The molecular formula is C15H9Br2ClN2O. The van der Waals surface area contributed by atoms with E-state index in [0.29, 0.717) is 16.6 Å². The molecule has 0 amide bonds. The Bertz CT molecular complexity index is 817. The maximum absolute atomic E-state index is 6.27. The molecule has 3 aromatic rings. The zero-order valence-electron chi connectivity index (χ0n) is 10.6. The molecule has 3 rings (SSSR count). The molecular weight excluding hydrogens is 419 g/mol. The van der Waals surface area contributed by atoms with Gasteiger partial charge in [0.25, 0.3) is 0 Å². The van der Waals surface area contributed by atoms with Crippen LogP contribution in [0.25, 0.3) is 22.5 Å². The van der Waals surface area contributed by atoms with E-state index in [4.69, 9.17) is 21.9 Å². The highest BCUT2D eigenvalue weighted by Gasteiger charge is 2.20. The molecule has 0 spiro atoms. The van der Waals surface area contributed by atoms with Gasteiger partial charge in [-0.1, -0.05) is 60.8 Å². The number of hydrogen-bond donors (Lipinski definition) is 1. The molecule has 0 aliphatic rings. The number of nitrogens with zero attached hydrogens (tertiary/aromatic N) is 1. The zero-order valence-corrected chi connectivity index (χ0v) is 14.5. The number of benzene rings is 2. The minimum absolute atomic E-state index is 0.333. The number of rotatable bonds is 2. The fraction of sp³-hybridized carbons (Fsp3) is 0. The van der Waals surface area contributed by atoms with Crippen LogP contribution in [0.1, 0.15) is 0 Å². The summed E-state index contributed by atoms with van der Waals surface area (Å²) in [5, 5.41) is 4.46. The molecule has 0 saturated carbocycles. The standard InChI is InChI=1S/C15H9Br2ClN2O/c16-9-3-1-2-8(6-9)13-14(21-20-15(13)19)11-7-10(17)4-5-12(11)18/h1-7H,(H2,19,20). The van der Waals surface area contributed by atoms with E-state index >= 15 is 0 Å². The van der Waals surface area contributed by atoms with Gasteiger partial charge in [-0.25, -0.2) is 0 Å². The average molecular weight is 429 g/mol. The van der Waals surface area contributed by atoms with E-state index < -0.39 is 0 Å². The van der Waals surface area contributed by atoms with Gasteiger partial charge >= 0.3 is 0 Å². The molecule has 2 N–H and O–H groups in total. The van der Waals surface area contributed by atoms with Crippen molar-refractivity contribution in [1.82, 2.24) is 5.16 Å². The highest BCUT2D eigenvalue weighted by Crippen LogP contribution is 2.40. The lowest BCUT2D eigenvalue weighted by Gasteiger charge is -2.06. The monoisotopic (exact) mass is 426 g/mol. The Labute approximate surface area is 143 Å². The summed E-state index contributed by atoms with van der Waals surface area (Å²) >= 11 is 13.2. The van der Waals surface area contributed by atoms with E-state index in [-0.39, 0.29) is 0 Å². The molecule has 0 radical (unpaired) electrons. The predicted molar refractivity (Wildman–Crippen MR) is 92.2 cm³/mol. The summed E-state index contributed by atoms with van der Waals surface area (Å²) in [6.45, 7) is 0. The molecule has 0 fully saturated rings. The Hall–Kier alpha value is -1.30. The van der Waals surface area contributed by atoms with Crippen LogP contribution in [-0.2, 0) is 0 Å². The van der Waals surface area contributed by atoms with E-state index in [1.54, 1.807) is 6.07 Å². The van der Waals surface area contributed by atoms with Gasteiger partial charge in [0.15, 0.2) is 11.6 Å². The summed E-state index contributed by atoms with van der Waals surface area (Å²) in [6, 6.07) is 13.3.